The van der Waals surface area contributed by atoms with Gasteiger partial charge in [-0.15, -0.1) is 21.5 Å². The molecule has 2 aromatic heterocycles. The van der Waals surface area contributed by atoms with E-state index in [9.17, 15) is 0 Å². The van der Waals surface area contributed by atoms with Gasteiger partial charge in [-0.1, -0.05) is 36.0 Å². The van der Waals surface area contributed by atoms with Crippen LogP contribution >= 0.6 is 23.1 Å². The van der Waals surface area contributed by atoms with E-state index in [2.05, 4.69) is 10.2 Å². The average Bonchev–Trinajstić information content (AvgIpc) is 3.19. The first-order chi connectivity index (χ1) is 10.4. The standard InChI is InChI=1S/C15H14N2O2S2/c1-2-6-12(7-3-1)18-9-5-11-21-15-17-16-14(19-15)13-8-4-10-20-13/h1-4,6-8,10H,5,9,11H2. The van der Waals surface area contributed by atoms with Gasteiger partial charge in [0.2, 0.25) is 0 Å². The minimum absolute atomic E-state index is 0.591. The number of rotatable bonds is 7. The van der Waals surface area contributed by atoms with Gasteiger partial charge in [0.1, 0.15) is 5.75 Å². The van der Waals surface area contributed by atoms with E-state index < -0.39 is 0 Å². The predicted molar refractivity (Wildman–Crippen MR) is 84.9 cm³/mol. The first-order valence-electron chi connectivity index (χ1n) is 6.60. The van der Waals surface area contributed by atoms with Gasteiger partial charge in [0.15, 0.2) is 0 Å². The number of hydrogen-bond acceptors (Lipinski definition) is 6. The van der Waals surface area contributed by atoms with E-state index in [0.29, 0.717) is 17.7 Å². The lowest BCUT2D eigenvalue weighted by Gasteiger charge is -2.04. The van der Waals surface area contributed by atoms with Crippen molar-refractivity contribution >= 4 is 23.1 Å². The summed E-state index contributed by atoms with van der Waals surface area (Å²) in [4.78, 5) is 1.00. The quantitative estimate of drug-likeness (QED) is 0.478. The van der Waals surface area contributed by atoms with Crippen molar-refractivity contribution in [3.8, 4) is 16.5 Å². The SMILES string of the molecule is c1ccc(OCCCSc2nnc(-c3cccs3)o2)cc1. The Balaban J connectivity index is 1.40. The zero-order valence-electron chi connectivity index (χ0n) is 11.3. The molecule has 0 aliphatic carbocycles. The fourth-order valence-corrected chi connectivity index (χ4v) is 3.01. The van der Waals surface area contributed by atoms with E-state index >= 15 is 0 Å². The summed E-state index contributed by atoms with van der Waals surface area (Å²) < 4.78 is 11.2. The van der Waals surface area contributed by atoms with Crippen molar-refractivity contribution in [1.29, 1.82) is 0 Å². The largest absolute Gasteiger partial charge is 0.494 e. The summed E-state index contributed by atoms with van der Waals surface area (Å²) in [6, 6.07) is 13.8. The Kier molecular flexibility index (Phi) is 4.91. The third-order valence-corrected chi connectivity index (χ3v) is 4.43. The third kappa shape index (κ3) is 4.09. The van der Waals surface area contributed by atoms with Gasteiger partial charge in [0.05, 0.1) is 11.5 Å². The van der Waals surface area contributed by atoms with E-state index in [-0.39, 0.29) is 0 Å². The Bertz CT molecular complexity index is 653. The molecule has 2 heterocycles. The molecule has 3 rings (SSSR count). The van der Waals surface area contributed by atoms with Gasteiger partial charge in [-0.05, 0) is 30.0 Å². The number of aromatic nitrogens is 2. The molecule has 0 spiro atoms. The molecular weight excluding hydrogens is 304 g/mol. The highest BCUT2D eigenvalue weighted by Gasteiger charge is 2.09. The van der Waals surface area contributed by atoms with Gasteiger partial charge in [-0.3, -0.25) is 0 Å². The summed E-state index contributed by atoms with van der Waals surface area (Å²) in [7, 11) is 0. The van der Waals surface area contributed by atoms with Crippen LogP contribution in [0.15, 0.2) is 57.5 Å². The van der Waals surface area contributed by atoms with Crippen molar-refractivity contribution in [3.05, 3.63) is 47.8 Å². The summed E-state index contributed by atoms with van der Waals surface area (Å²) >= 11 is 3.15. The number of thiophene rings is 1. The maximum atomic E-state index is 5.63. The topological polar surface area (TPSA) is 48.2 Å². The van der Waals surface area contributed by atoms with Crippen molar-refractivity contribution in [2.45, 2.75) is 11.6 Å². The molecule has 21 heavy (non-hydrogen) atoms. The number of nitrogens with zero attached hydrogens (tertiary/aromatic N) is 2. The highest BCUT2D eigenvalue weighted by atomic mass is 32.2. The van der Waals surface area contributed by atoms with Crippen molar-refractivity contribution < 1.29 is 9.15 Å². The van der Waals surface area contributed by atoms with E-state index in [1.54, 1.807) is 23.1 Å². The molecule has 3 aromatic rings. The van der Waals surface area contributed by atoms with Crippen LogP contribution < -0.4 is 4.74 Å². The molecule has 0 amide bonds. The monoisotopic (exact) mass is 318 g/mol. The Morgan fingerprint density at radius 3 is 2.81 bits per heavy atom. The number of benzene rings is 1. The first kappa shape index (κ1) is 14.2. The van der Waals surface area contributed by atoms with Crippen LogP contribution in [0.5, 0.6) is 5.75 Å². The maximum Gasteiger partial charge on any atom is 0.276 e. The van der Waals surface area contributed by atoms with Gasteiger partial charge in [-0.2, -0.15) is 0 Å². The Morgan fingerprint density at radius 1 is 1.10 bits per heavy atom. The smallest absolute Gasteiger partial charge is 0.276 e. The van der Waals surface area contributed by atoms with E-state index in [1.165, 1.54) is 0 Å². The van der Waals surface area contributed by atoms with Crippen LogP contribution in [-0.2, 0) is 0 Å². The fourth-order valence-electron chi connectivity index (χ4n) is 1.69. The summed E-state index contributed by atoms with van der Waals surface area (Å²) in [6.07, 6.45) is 0.927. The Hall–Kier alpha value is -1.79. The molecule has 0 saturated carbocycles. The Morgan fingerprint density at radius 2 is 2.00 bits per heavy atom. The fraction of sp³-hybridized carbons (Fsp3) is 0.200. The van der Waals surface area contributed by atoms with Gasteiger partial charge in [0.25, 0.3) is 11.1 Å². The lowest BCUT2D eigenvalue weighted by molar-refractivity contribution is 0.318. The minimum Gasteiger partial charge on any atom is -0.494 e. The van der Waals surface area contributed by atoms with Crippen molar-refractivity contribution in [1.82, 2.24) is 10.2 Å². The number of ether oxygens (including phenoxy) is 1. The van der Waals surface area contributed by atoms with Crippen LogP contribution in [0.3, 0.4) is 0 Å². The second-order valence-electron chi connectivity index (χ2n) is 4.21. The predicted octanol–water partition coefficient (Wildman–Crippen LogP) is 4.36. The van der Waals surface area contributed by atoms with Crippen LogP contribution in [0.1, 0.15) is 6.42 Å². The van der Waals surface area contributed by atoms with E-state index in [1.807, 2.05) is 47.8 Å². The molecule has 0 aliphatic rings. The minimum atomic E-state index is 0.591. The zero-order valence-corrected chi connectivity index (χ0v) is 12.9. The molecule has 6 heteroatoms. The van der Waals surface area contributed by atoms with Crippen molar-refractivity contribution in [3.63, 3.8) is 0 Å². The molecule has 0 N–H and O–H groups in total. The van der Waals surface area contributed by atoms with Gasteiger partial charge < -0.3 is 9.15 Å². The lowest BCUT2D eigenvalue weighted by Crippen LogP contribution is -1.98. The molecule has 0 fully saturated rings. The highest BCUT2D eigenvalue weighted by molar-refractivity contribution is 7.99. The summed E-state index contributed by atoms with van der Waals surface area (Å²) in [5.74, 6) is 2.38. The Labute approximate surface area is 131 Å². The van der Waals surface area contributed by atoms with Crippen LogP contribution in [-0.4, -0.2) is 22.6 Å². The average molecular weight is 318 g/mol. The summed E-state index contributed by atoms with van der Waals surface area (Å²) in [5, 5.41) is 10.7. The van der Waals surface area contributed by atoms with Crippen molar-refractivity contribution in [2.75, 3.05) is 12.4 Å². The molecule has 4 nitrogen and oxygen atoms in total. The molecule has 0 unspecified atom stereocenters. The third-order valence-electron chi connectivity index (χ3n) is 2.66. The molecule has 0 radical (unpaired) electrons. The van der Waals surface area contributed by atoms with Crippen molar-refractivity contribution in [2.24, 2.45) is 0 Å². The second-order valence-corrected chi connectivity index (χ2v) is 6.21. The van der Waals surface area contributed by atoms with Crippen LogP contribution in [0, 0.1) is 0 Å². The summed E-state index contributed by atoms with van der Waals surface area (Å²) in [5.41, 5.74) is 0. The molecule has 0 saturated heterocycles. The lowest BCUT2D eigenvalue weighted by atomic mass is 10.3. The van der Waals surface area contributed by atoms with Crippen LogP contribution in [0.2, 0.25) is 0 Å². The van der Waals surface area contributed by atoms with Gasteiger partial charge in [0, 0.05) is 5.75 Å². The zero-order chi connectivity index (χ0) is 14.3. The van der Waals surface area contributed by atoms with Crippen LogP contribution in [0.4, 0.5) is 0 Å². The maximum absolute atomic E-state index is 5.63. The molecular formula is C15H14N2O2S2. The summed E-state index contributed by atoms with van der Waals surface area (Å²) in [6.45, 7) is 0.683. The van der Waals surface area contributed by atoms with Crippen LogP contribution in [0.25, 0.3) is 10.8 Å². The molecule has 0 aliphatic heterocycles. The van der Waals surface area contributed by atoms with Gasteiger partial charge >= 0.3 is 0 Å². The molecule has 108 valence electrons. The highest BCUT2D eigenvalue weighted by Crippen LogP contribution is 2.26. The molecule has 1 aromatic carbocycles. The second kappa shape index (κ2) is 7.28. The van der Waals surface area contributed by atoms with Gasteiger partial charge in [-0.25, -0.2) is 0 Å². The van der Waals surface area contributed by atoms with E-state index in [0.717, 1.165) is 22.8 Å². The number of hydrogen-bond donors (Lipinski definition) is 0. The van der Waals surface area contributed by atoms with E-state index in [4.69, 9.17) is 9.15 Å². The molecule has 0 bridgehead atoms. The number of para-hydroxylation sites is 1. The normalized spacial score (nSPS) is 10.7. The first-order valence-corrected chi connectivity index (χ1v) is 8.46. The number of thioether (sulfide) groups is 1. The molecule has 0 atom stereocenters.